The molecule has 1 aliphatic heterocycles. The molecule has 4 heteroatoms. The molecule has 0 spiro atoms. The number of carbonyl (C=O) groups is 1. The van der Waals surface area contributed by atoms with Gasteiger partial charge in [-0.2, -0.15) is 0 Å². The highest BCUT2D eigenvalue weighted by atomic mass is 16.2. The van der Waals surface area contributed by atoms with Crippen LogP contribution in [0.1, 0.15) is 44.9 Å². The molecule has 0 aromatic carbocycles. The fourth-order valence-electron chi connectivity index (χ4n) is 3.55. The molecule has 0 radical (unpaired) electrons. The van der Waals surface area contributed by atoms with Crippen molar-refractivity contribution in [3.8, 4) is 0 Å². The Kier molecular flexibility index (Phi) is 5.22. The van der Waals surface area contributed by atoms with E-state index in [1.54, 1.807) is 0 Å². The predicted octanol–water partition coefficient (Wildman–Crippen LogP) is 1.45. The maximum absolute atomic E-state index is 12.3. The molecule has 0 bridgehead atoms. The van der Waals surface area contributed by atoms with Gasteiger partial charge < -0.3 is 15.5 Å². The highest BCUT2D eigenvalue weighted by Crippen LogP contribution is 2.26. The van der Waals surface area contributed by atoms with Gasteiger partial charge >= 0.3 is 0 Å². The Hall–Kier alpha value is -0.610. The monoisotopic (exact) mass is 267 g/mol. The van der Waals surface area contributed by atoms with Crippen molar-refractivity contribution in [2.75, 3.05) is 27.2 Å². The normalized spacial score (nSPS) is 32.5. The molecule has 3 unspecified atom stereocenters. The van der Waals surface area contributed by atoms with Crippen molar-refractivity contribution in [2.24, 2.45) is 11.7 Å². The molecule has 1 amide bonds. The van der Waals surface area contributed by atoms with E-state index in [-0.39, 0.29) is 0 Å². The number of nitrogens with two attached hydrogens (primary N) is 1. The average Bonchev–Trinajstić information content (AvgIpc) is 2.75. The minimum Gasteiger partial charge on any atom is -0.344 e. The number of amides is 1. The van der Waals surface area contributed by atoms with Crippen LogP contribution in [0.4, 0.5) is 0 Å². The van der Waals surface area contributed by atoms with E-state index in [0.29, 0.717) is 30.3 Å². The van der Waals surface area contributed by atoms with E-state index in [9.17, 15) is 4.79 Å². The highest BCUT2D eigenvalue weighted by molar-refractivity contribution is 5.76. The van der Waals surface area contributed by atoms with Crippen LogP contribution >= 0.6 is 0 Å². The lowest BCUT2D eigenvalue weighted by Crippen LogP contribution is -2.40. The van der Waals surface area contributed by atoms with Gasteiger partial charge in [-0.3, -0.25) is 4.79 Å². The molecular weight excluding hydrogens is 238 g/mol. The lowest BCUT2D eigenvalue weighted by Gasteiger charge is -2.30. The Balaban J connectivity index is 1.75. The summed E-state index contributed by atoms with van der Waals surface area (Å²) in [6, 6.07) is 0.875. The highest BCUT2D eigenvalue weighted by Gasteiger charge is 2.26. The second kappa shape index (κ2) is 6.71. The third-order valence-corrected chi connectivity index (χ3v) is 4.87. The molecule has 0 aromatic rings. The summed E-state index contributed by atoms with van der Waals surface area (Å²) in [4.78, 5) is 16.6. The second-order valence-corrected chi connectivity index (χ2v) is 6.55. The molecule has 2 rings (SSSR count). The van der Waals surface area contributed by atoms with Gasteiger partial charge in [0, 0.05) is 32.1 Å². The average molecular weight is 267 g/mol. The quantitative estimate of drug-likeness (QED) is 0.838. The van der Waals surface area contributed by atoms with Gasteiger partial charge in [0.15, 0.2) is 0 Å². The Bertz CT molecular complexity index is 308. The van der Waals surface area contributed by atoms with Crippen LogP contribution in [-0.2, 0) is 4.79 Å². The van der Waals surface area contributed by atoms with Crippen molar-refractivity contribution < 1.29 is 4.79 Å². The van der Waals surface area contributed by atoms with Crippen molar-refractivity contribution in [1.82, 2.24) is 9.80 Å². The second-order valence-electron chi connectivity index (χ2n) is 6.55. The van der Waals surface area contributed by atoms with Crippen LogP contribution in [0.5, 0.6) is 0 Å². The molecule has 1 saturated heterocycles. The Morgan fingerprint density at radius 3 is 2.74 bits per heavy atom. The van der Waals surface area contributed by atoms with Crippen LogP contribution in [-0.4, -0.2) is 55.0 Å². The number of nitrogens with zero attached hydrogens (tertiary/aromatic N) is 2. The zero-order valence-corrected chi connectivity index (χ0v) is 12.5. The first-order valence-corrected chi connectivity index (χ1v) is 7.76. The SMILES string of the molecule is CN(CC1CCCN1C)C(=O)CC1CCCC(N)C1. The van der Waals surface area contributed by atoms with Crippen LogP contribution in [0, 0.1) is 5.92 Å². The number of likely N-dealkylation sites (N-methyl/N-ethyl adjacent to an activating group) is 2. The molecular formula is C15H29N3O. The van der Waals surface area contributed by atoms with E-state index < -0.39 is 0 Å². The number of hydrogen-bond acceptors (Lipinski definition) is 3. The summed E-state index contributed by atoms with van der Waals surface area (Å²) >= 11 is 0. The third-order valence-electron chi connectivity index (χ3n) is 4.87. The summed E-state index contributed by atoms with van der Waals surface area (Å²) in [5.41, 5.74) is 6.00. The predicted molar refractivity (Wildman–Crippen MR) is 77.8 cm³/mol. The van der Waals surface area contributed by atoms with Crippen LogP contribution in [0.15, 0.2) is 0 Å². The van der Waals surface area contributed by atoms with Crippen molar-refractivity contribution in [3.63, 3.8) is 0 Å². The van der Waals surface area contributed by atoms with Crippen molar-refractivity contribution in [3.05, 3.63) is 0 Å². The summed E-state index contributed by atoms with van der Waals surface area (Å²) in [5, 5.41) is 0. The Labute approximate surface area is 117 Å². The summed E-state index contributed by atoms with van der Waals surface area (Å²) in [6.07, 6.45) is 7.71. The maximum atomic E-state index is 12.3. The van der Waals surface area contributed by atoms with E-state index in [4.69, 9.17) is 5.73 Å². The third kappa shape index (κ3) is 4.18. The zero-order chi connectivity index (χ0) is 13.8. The van der Waals surface area contributed by atoms with Crippen molar-refractivity contribution in [1.29, 1.82) is 0 Å². The number of carbonyl (C=O) groups excluding carboxylic acids is 1. The molecule has 1 aliphatic carbocycles. The molecule has 2 aliphatic rings. The summed E-state index contributed by atoms with van der Waals surface area (Å²) in [6.45, 7) is 2.05. The number of rotatable bonds is 4. The minimum atomic E-state index is 0.305. The molecule has 19 heavy (non-hydrogen) atoms. The molecule has 2 fully saturated rings. The van der Waals surface area contributed by atoms with Crippen LogP contribution < -0.4 is 5.73 Å². The molecule has 2 N–H and O–H groups in total. The molecule has 1 saturated carbocycles. The number of hydrogen-bond donors (Lipinski definition) is 1. The van der Waals surface area contributed by atoms with Gasteiger partial charge in [-0.1, -0.05) is 6.42 Å². The van der Waals surface area contributed by atoms with Crippen LogP contribution in [0.25, 0.3) is 0 Å². The largest absolute Gasteiger partial charge is 0.344 e. The van der Waals surface area contributed by atoms with Gasteiger partial charge in [0.2, 0.25) is 5.91 Å². The Morgan fingerprint density at radius 1 is 1.32 bits per heavy atom. The topological polar surface area (TPSA) is 49.6 Å². The van der Waals surface area contributed by atoms with Crippen LogP contribution in [0.2, 0.25) is 0 Å². The fraction of sp³-hybridized carbons (Fsp3) is 0.933. The molecule has 3 atom stereocenters. The first kappa shape index (κ1) is 14.8. The van der Waals surface area contributed by atoms with Gasteiger partial charge in [0.1, 0.15) is 0 Å². The number of likely N-dealkylation sites (tertiary alicyclic amines) is 1. The first-order chi connectivity index (χ1) is 9.06. The van der Waals surface area contributed by atoms with E-state index >= 15 is 0 Å². The standard InChI is InChI=1S/C15H29N3O/c1-17-8-4-7-14(17)11-18(2)15(19)10-12-5-3-6-13(16)9-12/h12-14H,3-11,16H2,1-2H3. The van der Waals surface area contributed by atoms with E-state index in [1.807, 2.05) is 11.9 Å². The summed E-state index contributed by atoms with van der Waals surface area (Å²) < 4.78 is 0. The first-order valence-electron chi connectivity index (χ1n) is 7.76. The molecule has 1 heterocycles. The van der Waals surface area contributed by atoms with E-state index in [0.717, 1.165) is 19.4 Å². The zero-order valence-electron chi connectivity index (χ0n) is 12.5. The fourth-order valence-corrected chi connectivity index (χ4v) is 3.55. The molecule has 0 aromatic heterocycles. The van der Waals surface area contributed by atoms with Crippen molar-refractivity contribution >= 4 is 5.91 Å². The lowest BCUT2D eigenvalue weighted by atomic mass is 9.84. The minimum absolute atomic E-state index is 0.305. The molecule has 4 nitrogen and oxygen atoms in total. The summed E-state index contributed by atoms with van der Waals surface area (Å²) in [5.74, 6) is 0.819. The van der Waals surface area contributed by atoms with Gasteiger partial charge in [0.25, 0.3) is 0 Å². The van der Waals surface area contributed by atoms with E-state index in [2.05, 4.69) is 11.9 Å². The van der Waals surface area contributed by atoms with Crippen LogP contribution in [0.3, 0.4) is 0 Å². The van der Waals surface area contributed by atoms with Gasteiger partial charge in [-0.05, 0) is 51.6 Å². The lowest BCUT2D eigenvalue weighted by molar-refractivity contribution is -0.131. The van der Waals surface area contributed by atoms with Gasteiger partial charge in [-0.15, -0.1) is 0 Å². The summed E-state index contributed by atoms with van der Waals surface area (Å²) in [7, 11) is 4.12. The molecule has 110 valence electrons. The van der Waals surface area contributed by atoms with E-state index in [1.165, 1.54) is 32.2 Å². The Morgan fingerprint density at radius 2 is 2.11 bits per heavy atom. The van der Waals surface area contributed by atoms with Gasteiger partial charge in [0.05, 0.1) is 0 Å². The van der Waals surface area contributed by atoms with Gasteiger partial charge in [-0.25, -0.2) is 0 Å². The van der Waals surface area contributed by atoms with Crippen molar-refractivity contribution in [2.45, 2.75) is 57.0 Å². The maximum Gasteiger partial charge on any atom is 0.222 e. The smallest absolute Gasteiger partial charge is 0.222 e.